The van der Waals surface area contributed by atoms with Crippen LogP contribution in [0, 0.1) is 6.92 Å². The molecule has 0 aliphatic carbocycles. The van der Waals surface area contributed by atoms with Gasteiger partial charge in [0.15, 0.2) is 5.96 Å². The normalized spacial score (nSPS) is 23.2. The SMILES string of the molecule is CN=C(NCC1(N2CCCCC2)CCN(C)CC1)NC(C)c1ccc(C)o1. The quantitative estimate of drug-likeness (QED) is 0.612. The largest absolute Gasteiger partial charge is 0.464 e. The third-order valence-electron chi connectivity index (χ3n) is 6.29. The molecule has 2 N–H and O–H groups in total. The molecule has 2 saturated heterocycles. The van der Waals surface area contributed by atoms with Crippen LogP contribution in [0.5, 0.6) is 0 Å². The molecule has 0 aromatic carbocycles. The minimum Gasteiger partial charge on any atom is -0.464 e. The summed E-state index contributed by atoms with van der Waals surface area (Å²) in [6.45, 7) is 9.86. The van der Waals surface area contributed by atoms with E-state index in [0.717, 1.165) is 24.0 Å². The van der Waals surface area contributed by atoms with E-state index >= 15 is 0 Å². The standard InChI is InChI=1S/C21H37N5O/c1-17-8-9-19(27-17)18(2)24-20(22-3)23-16-21(10-14-25(4)15-11-21)26-12-6-5-7-13-26/h8-9,18H,5-7,10-16H2,1-4H3,(H2,22,23,24). The van der Waals surface area contributed by atoms with Gasteiger partial charge in [0.25, 0.3) is 0 Å². The highest BCUT2D eigenvalue weighted by molar-refractivity contribution is 5.80. The van der Waals surface area contributed by atoms with Gasteiger partial charge in [-0.1, -0.05) is 6.42 Å². The van der Waals surface area contributed by atoms with Crippen molar-refractivity contribution in [3.8, 4) is 0 Å². The van der Waals surface area contributed by atoms with Gasteiger partial charge >= 0.3 is 0 Å². The fourth-order valence-electron chi connectivity index (χ4n) is 4.41. The number of piperidine rings is 2. The van der Waals surface area contributed by atoms with Gasteiger partial charge in [-0.05, 0) is 84.9 Å². The summed E-state index contributed by atoms with van der Waals surface area (Å²) in [4.78, 5) is 9.67. The van der Waals surface area contributed by atoms with E-state index in [-0.39, 0.29) is 11.6 Å². The average Bonchev–Trinajstić information content (AvgIpc) is 3.14. The van der Waals surface area contributed by atoms with Gasteiger partial charge in [-0.2, -0.15) is 0 Å². The number of aryl methyl sites for hydroxylation is 1. The van der Waals surface area contributed by atoms with Gasteiger partial charge in [0.1, 0.15) is 11.5 Å². The highest BCUT2D eigenvalue weighted by Gasteiger charge is 2.39. The van der Waals surface area contributed by atoms with Crippen molar-refractivity contribution in [1.82, 2.24) is 20.4 Å². The second kappa shape index (κ2) is 9.11. The maximum Gasteiger partial charge on any atom is 0.191 e. The molecule has 0 saturated carbocycles. The number of guanidine groups is 1. The molecule has 3 rings (SSSR count). The van der Waals surface area contributed by atoms with E-state index in [2.05, 4.69) is 39.4 Å². The molecule has 0 bridgehead atoms. The molecule has 3 heterocycles. The number of furan rings is 1. The van der Waals surface area contributed by atoms with Crippen molar-refractivity contribution in [3.05, 3.63) is 23.7 Å². The lowest BCUT2D eigenvalue weighted by Gasteiger charge is -2.50. The van der Waals surface area contributed by atoms with Crippen molar-refractivity contribution in [3.63, 3.8) is 0 Å². The summed E-state index contributed by atoms with van der Waals surface area (Å²) in [6.07, 6.45) is 6.49. The first-order valence-corrected chi connectivity index (χ1v) is 10.5. The van der Waals surface area contributed by atoms with E-state index in [1.807, 2.05) is 26.1 Å². The summed E-state index contributed by atoms with van der Waals surface area (Å²) in [5.41, 5.74) is 0.245. The van der Waals surface area contributed by atoms with Crippen molar-refractivity contribution in [2.75, 3.05) is 46.8 Å². The zero-order valence-electron chi connectivity index (χ0n) is 17.6. The van der Waals surface area contributed by atoms with Crippen LogP contribution in [-0.4, -0.2) is 68.1 Å². The maximum atomic E-state index is 5.75. The Kier molecular flexibility index (Phi) is 6.82. The van der Waals surface area contributed by atoms with Gasteiger partial charge < -0.3 is 20.0 Å². The molecule has 0 spiro atoms. The van der Waals surface area contributed by atoms with E-state index in [4.69, 9.17) is 4.42 Å². The van der Waals surface area contributed by atoms with E-state index in [0.29, 0.717) is 0 Å². The molecule has 0 radical (unpaired) electrons. The molecule has 6 nitrogen and oxygen atoms in total. The fourth-order valence-corrected chi connectivity index (χ4v) is 4.41. The summed E-state index contributed by atoms with van der Waals surface area (Å²) in [5.74, 6) is 2.74. The maximum absolute atomic E-state index is 5.75. The van der Waals surface area contributed by atoms with Crippen LogP contribution in [0.2, 0.25) is 0 Å². The summed E-state index contributed by atoms with van der Waals surface area (Å²) in [5, 5.41) is 7.12. The van der Waals surface area contributed by atoms with Crippen LogP contribution in [0.15, 0.2) is 21.5 Å². The van der Waals surface area contributed by atoms with Crippen LogP contribution >= 0.6 is 0 Å². The average molecular weight is 376 g/mol. The second-order valence-corrected chi connectivity index (χ2v) is 8.32. The fraction of sp³-hybridized carbons (Fsp3) is 0.762. The number of aliphatic imine (C=N–C) groups is 1. The van der Waals surface area contributed by atoms with E-state index in [1.54, 1.807) is 0 Å². The van der Waals surface area contributed by atoms with Crippen LogP contribution in [0.3, 0.4) is 0 Å². The first-order valence-electron chi connectivity index (χ1n) is 10.5. The zero-order chi connectivity index (χ0) is 19.3. The Balaban J connectivity index is 1.62. The summed E-state index contributed by atoms with van der Waals surface area (Å²) < 4.78 is 5.75. The zero-order valence-corrected chi connectivity index (χ0v) is 17.6. The van der Waals surface area contributed by atoms with Crippen molar-refractivity contribution >= 4 is 5.96 Å². The number of hydrogen-bond donors (Lipinski definition) is 2. The number of hydrogen-bond acceptors (Lipinski definition) is 4. The number of likely N-dealkylation sites (tertiary alicyclic amines) is 2. The topological polar surface area (TPSA) is 56.0 Å². The first kappa shape index (κ1) is 20.2. The minimum absolute atomic E-state index is 0.0910. The Morgan fingerprint density at radius 3 is 2.48 bits per heavy atom. The summed E-state index contributed by atoms with van der Waals surface area (Å²) >= 11 is 0. The molecule has 1 aromatic rings. The lowest BCUT2D eigenvalue weighted by atomic mass is 9.84. The van der Waals surface area contributed by atoms with E-state index < -0.39 is 0 Å². The monoisotopic (exact) mass is 375 g/mol. The second-order valence-electron chi connectivity index (χ2n) is 8.32. The van der Waals surface area contributed by atoms with Crippen LogP contribution < -0.4 is 10.6 Å². The van der Waals surface area contributed by atoms with E-state index in [9.17, 15) is 0 Å². The number of nitrogens with one attached hydrogen (secondary N) is 2. The van der Waals surface area contributed by atoms with Crippen molar-refractivity contribution in [2.45, 2.75) is 57.5 Å². The molecular formula is C21H37N5O. The van der Waals surface area contributed by atoms with Gasteiger partial charge in [-0.3, -0.25) is 9.89 Å². The molecule has 1 unspecified atom stereocenters. The third-order valence-corrected chi connectivity index (χ3v) is 6.29. The van der Waals surface area contributed by atoms with Gasteiger partial charge in [-0.25, -0.2) is 0 Å². The third kappa shape index (κ3) is 5.05. The Bertz CT molecular complexity index is 612. The van der Waals surface area contributed by atoms with Crippen LogP contribution in [0.25, 0.3) is 0 Å². The Morgan fingerprint density at radius 2 is 1.89 bits per heavy atom. The number of nitrogens with zero attached hydrogens (tertiary/aromatic N) is 3. The summed E-state index contributed by atoms with van der Waals surface area (Å²) in [6, 6.07) is 4.13. The molecule has 2 aliphatic heterocycles. The smallest absolute Gasteiger partial charge is 0.191 e. The lowest BCUT2D eigenvalue weighted by molar-refractivity contribution is 0.0173. The minimum atomic E-state index is 0.0910. The van der Waals surface area contributed by atoms with Gasteiger partial charge in [-0.15, -0.1) is 0 Å². The molecule has 27 heavy (non-hydrogen) atoms. The predicted octanol–water partition coefficient (Wildman–Crippen LogP) is 2.76. The molecular weight excluding hydrogens is 338 g/mol. The Morgan fingerprint density at radius 1 is 1.19 bits per heavy atom. The molecule has 6 heteroatoms. The Hall–Kier alpha value is -1.53. The van der Waals surface area contributed by atoms with Crippen molar-refractivity contribution < 1.29 is 4.42 Å². The molecule has 152 valence electrons. The van der Waals surface area contributed by atoms with Crippen LogP contribution in [0.4, 0.5) is 0 Å². The Labute approximate surface area is 164 Å². The number of rotatable bonds is 5. The predicted molar refractivity (Wildman–Crippen MR) is 111 cm³/mol. The van der Waals surface area contributed by atoms with Crippen LogP contribution in [0.1, 0.15) is 56.6 Å². The highest BCUT2D eigenvalue weighted by Crippen LogP contribution is 2.30. The van der Waals surface area contributed by atoms with Crippen LogP contribution in [-0.2, 0) is 0 Å². The molecule has 2 aliphatic rings. The van der Waals surface area contributed by atoms with E-state index in [1.165, 1.54) is 58.3 Å². The summed E-state index contributed by atoms with van der Waals surface area (Å²) in [7, 11) is 4.08. The van der Waals surface area contributed by atoms with Gasteiger partial charge in [0, 0.05) is 19.1 Å². The molecule has 2 fully saturated rings. The lowest BCUT2D eigenvalue weighted by Crippen LogP contribution is -2.62. The van der Waals surface area contributed by atoms with Gasteiger partial charge in [0.05, 0.1) is 6.04 Å². The first-order chi connectivity index (χ1) is 13.0. The highest BCUT2D eigenvalue weighted by atomic mass is 16.3. The molecule has 0 amide bonds. The van der Waals surface area contributed by atoms with Crippen molar-refractivity contribution in [2.24, 2.45) is 4.99 Å². The van der Waals surface area contributed by atoms with Gasteiger partial charge in [0.2, 0.25) is 0 Å². The molecule has 1 aromatic heterocycles. The molecule has 1 atom stereocenters. The van der Waals surface area contributed by atoms with Crippen molar-refractivity contribution in [1.29, 1.82) is 0 Å².